The molecule has 0 aliphatic heterocycles. The highest BCUT2D eigenvalue weighted by atomic mass is 15.3. The largest absolute Gasteiger partial charge is 0.325 e. The molecule has 4 nitrogen and oxygen atoms in total. The summed E-state index contributed by atoms with van der Waals surface area (Å²) in [5.41, 5.74) is 4.95. The number of benzene rings is 1. The number of aliphatic imine (C=N–C) groups is 1. The number of nitrogens with zero attached hydrogens (tertiary/aromatic N) is 1. The topological polar surface area (TPSA) is 62.4 Å². The van der Waals surface area contributed by atoms with Crippen molar-refractivity contribution in [1.82, 2.24) is 5.43 Å². The zero-order valence-corrected chi connectivity index (χ0v) is 10.7. The van der Waals surface area contributed by atoms with Crippen molar-refractivity contribution in [2.24, 2.45) is 10.8 Å². The Labute approximate surface area is 103 Å². The van der Waals surface area contributed by atoms with Crippen molar-refractivity contribution in [2.45, 2.75) is 33.1 Å². The first-order valence-electron chi connectivity index (χ1n) is 6.17. The van der Waals surface area contributed by atoms with Crippen LogP contribution in [0.25, 0.3) is 0 Å². The van der Waals surface area contributed by atoms with Gasteiger partial charge in [0.15, 0.2) is 0 Å². The van der Waals surface area contributed by atoms with Crippen molar-refractivity contribution in [3.63, 3.8) is 0 Å². The summed E-state index contributed by atoms with van der Waals surface area (Å²) in [6, 6.07) is 8.23. The molecule has 0 aliphatic rings. The summed E-state index contributed by atoms with van der Waals surface area (Å²) in [4.78, 5) is 4.33. The molecule has 0 amide bonds. The summed E-state index contributed by atoms with van der Waals surface area (Å²) < 4.78 is 0. The smallest absolute Gasteiger partial charge is 0.210 e. The minimum absolute atomic E-state index is 0.621. The molecule has 0 radical (unpaired) electrons. The van der Waals surface area contributed by atoms with Crippen LogP contribution in [0.4, 0.5) is 5.69 Å². The summed E-state index contributed by atoms with van der Waals surface area (Å²) in [5.74, 6) is 6.06. The fraction of sp³-hybridized carbons (Fsp3) is 0.462. The predicted octanol–water partition coefficient (Wildman–Crippen LogP) is 2.28. The van der Waals surface area contributed by atoms with E-state index in [9.17, 15) is 0 Å². The number of rotatable bonds is 5. The van der Waals surface area contributed by atoms with E-state index in [4.69, 9.17) is 5.84 Å². The highest BCUT2D eigenvalue weighted by Gasteiger charge is 2.02. The fourth-order valence-corrected chi connectivity index (χ4v) is 1.60. The van der Waals surface area contributed by atoms with Gasteiger partial charge in [0.1, 0.15) is 0 Å². The Bertz CT molecular complexity index is 360. The summed E-state index contributed by atoms with van der Waals surface area (Å²) >= 11 is 0. The highest BCUT2D eigenvalue weighted by molar-refractivity contribution is 5.93. The Morgan fingerprint density at radius 3 is 2.65 bits per heavy atom. The maximum atomic E-state index is 5.44. The van der Waals surface area contributed by atoms with Crippen LogP contribution in [0.5, 0.6) is 0 Å². The minimum Gasteiger partial charge on any atom is -0.325 e. The van der Waals surface area contributed by atoms with Gasteiger partial charge in [-0.15, -0.1) is 0 Å². The van der Waals surface area contributed by atoms with Gasteiger partial charge in [0.25, 0.3) is 0 Å². The van der Waals surface area contributed by atoms with Crippen molar-refractivity contribution in [3.05, 3.63) is 29.8 Å². The molecule has 0 saturated carbocycles. The lowest BCUT2D eigenvalue weighted by molar-refractivity contribution is 0.902. The van der Waals surface area contributed by atoms with Gasteiger partial charge in [-0.1, -0.05) is 38.5 Å². The molecule has 0 saturated heterocycles. The van der Waals surface area contributed by atoms with Gasteiger partial charge in [-0.05, 0) is 24.5 Å². The molecule has 4 heteroatoms. The van der Waals surface area contributed by atoms with Crippen LogP contribution in [-0.2, 0) is 6.42 Å². The molecule has 0 spiro atoms. The van der Waals surface area contributed by atoms with E-state index in [-0.39, 0.29) is 0 Å². The summed E-state index contributed by atoms with van der Waals surface area (Å²) in [7, 11) is 0. The van der Waals surface area contributed by atoms with Crippen molar-refractivity contribution < 1.29 is 0 Å². The molecule has 0 atom stereocenters. The number of anilines is 1. The molecule has 1 rings (SSSR count). The lowest BCUT2D eigenvalue weighted by Crippen LogP contribution is -2.36. The van der Waals surface area contributed by atoms with Crippen molar-refractivity contribution >= 4 is 11.6 Å². The summed E-state index contributed by atoms with van der Waals surface area (Å²) in [6.45, 7) is 5.02. The maximum absolute atomic E-state index is 5.44. The molecule has 4 N–H and O–H groups in total. The second-order valence-electron chi connectivity index (χ2n) is 3.91. The van der Waals surface area contributed by atoms with Gasteiger partial charge in [0.2, 0.25) is 5.96 Å². The van der Waals surface area contributed by atoms with Gasteiger partial charge in [0, 0.05) is 12.2 Å². The second-order valence-corrected chi connectivity index (χ2v) is 3.91. The molecule has 0 heterocycles. The maximum Gasteiger partial charge on any atom is 0.210 e. The average molecular weight is 234 g/mol. The minimum atomic E-state index is 0.621. The van der Waals surface area contributed by atoms with Crippen molar-refractivity contribution in [1.29, 1.82) is 0 Å². The first-order valence-corrected chi connectivity index (χ1v) is 6.17. The number of nitrogens with two attached hydrogens (primary N) is 1. The Morgan fingerprint density at radius 1 is 1.24 bits per heavy atom. The molecule has 0 aromatic heterocycles. The van der Waals surface area contributed by atoms with Gasteiger partial charge in [0.05, 0.1) is 0 Å². The number of aryl methyl sites for hydroxylation is 1. The third-order valence-electron chi connectivity index (χ3n) is 2.42. The molecule has 94 valence electrons. The monoisotopic (exact) mass is 234 g/mol. The molecular formula is C13H22N4. The lowest BCUT2D eigenvalue weighted by atomic mass is 10.1. The van der Waals surface area contributed by atoms with Gasteiger partial charge in [-0.2, -0.15) is 0 Å². The van der Waals surface area contributed by atoms with E-state index < -0.39 is 0 Å². The Hall–Kier alpha value is -1.55. The van der Waals surface area contributed by atoms with E-state index in [0.717, 1.165) is 31.5 Å². The third-order valence-corrected chi connectivity index (χ3v) is 2.42. The molecule has 1 aromatic rings. The normalized spacial score (nSPS) is 11.4. The number of hydrazine groups is 1. The second kappa shape index (κ2) is 7.68. The van der Waals surface area contributed by atoms with Crippen LogP contribution < -0.4 is 16.6 Å². The van der Waals surface area contributed by atoms with E-state index in [1.165, 1.54) is 5.56 Å². The number of para-hydroxylation sites is 1. The molecule has 17 heavy (non-hydrogen) atoms. The molecule has 0 fully saturated rings. The fourth-order valence-electron chi connectivity index (χ4n) is 1.60. The highest BCUT2D eigenvalue weighted by Crippen LogP contribution is 2.16. The zero-order chi connectivity index (χ0) is 12.5. The first kappa shape index (κ1) is 13.5. The number of guanidine groups is 1. The zero-order valence-electron chi connectivity index (χ0n) is 10.7. The molecule has 0 unspecified atom stereocenters. The third kappa shape index (κ3) is 4.44. The first-order chi connectivity index (χ1) is 8.31. The average Bonchev–Trinajstić information content (AvgIpc) is 2.36. The van der Waals surface area contributed by atoms with Crippen LogP contribution in [0.3, 0.4) is 0 Å². The molecule has 0 bridgehead atoms. The van der Waals surface area contributed by atoms with E-state index >= 15 is 0 Å². The van der Waals surface area contributed by atoms with Crippen LogP contribution in [0, 0.1) is 0 Å². The Balaban J connectivity index is 2.78. The SMILES string of the molecule is CCCN=C(NN)Nc1ccccc1CCC. The van der Waals surface area contributed by atoms with Crippen LogP contribution in [0.15, 0.2) is 29.3 Å². The summed E-state index contributed by atoms with van der Waals surface area (Å²) in [5, 5.41) is 3.23. The number of nitrogens with one attached hydrogen (secondary N) is 2. The van der Waals surface area contributed by atoms with Crippen LogP contribution in [-0.4, -0.2) is 12.5 Å². The number of hydrogen-bond acceptors (Lipinski definition) is 2. The van der Waals surface area contributed by atoms with E-state index in [1.54, 1.807) is 0 Å². The van der Waals surface area contributed by atoms with Crippen LogP contribution in [0.2, 0.25) is 0 Å². The quantitative estimate of drug-likeness (QED) is 0.317. The van der Waals surface area contributed by atoms with Gasteiger partial charge < -0.3 is 5.32 Å². The van der Waals surface area contributed by atoms with Crippen molar-refractivity contribution in [3.8, 4) is 0 Å². The van der Waals surface area contributed by atoms with Gasteiger partial charge in [-0.25, -0.2) is 5.84 Å². The molecular weight excluding hydrogens is 212 g/mol. The van der Waals surface area contributed by atoms with Gasteiger partial charge in [-0.3, -0.25) is 10.4 Å². The van der Waals surface area contributed by atoms with E-state index in [0.29, 0.717) is 5.96 Å². The lowest BCUT2D eigenvalue weighted by Gasteiger charge is -2.12. The van der Waals surface area contributed by atoms with Crippen LogP contribution >= 0.6 is 0 Å². The predicted molar refractivity (Wildman–Crippen MR) is 74.0 cm³/mol. The Morgan fingerprint density at radius 2 is 2.00 bits per heavy atom. The van der Waals surface area contributed by atoms with Crippen LogP contribution in [0.1, 0.15) is 32.3 Å². The van der Waals surface area contributed by atoms with E-state index in [2.05, 4.69) is 41.7 Å². The van der Waals surface area contributed by atoms with E-state index in [1.807, 2.05) is 12.1 Å². The standard InChI is InChI=1S/C13H22N4/c1-3-7-11-8-5-6-9-12(11)16-13(17-14)15-10-4-2/h5-6,8-9H,3-4,7,10,14H2,1-2H3,(H2,15,16,17). The van der Waals surface area contributed by atoms with Crippen molar-refractivity contribution in [2.75, 3.05) is 11.9 Å². The number of hydrogen-bond donors (Lipinski definition) is 3. The van der Waals surface area contributed by atoms with Gasteiger partial charge >= 0.3 is 0 Å². The molecule has 0 aliphatic carbocycles. The summed E-state index contributed by atoms with van der Waals surface area (Å²) in [6.07, 6.45) is 3.18. The molecule has 1 aromatic carbocycles. The Kier molecular flexibility index (Phi) is 6.10.